The number of carbonyl (C=O) groups is 3. The van der Waals surface area contributed by atoms with Gasteiger partial charge in [-0.1, -0.05) is 57.0 Å². The van der Waals surface area contributed by atoms with Gasteiger partial charge in [0.25, 0.3) is 0 Å². The minimum absolute atomic E-state index is 0.00666. The van der Waals surface area contributed by atoms with Gasteiger partial charge < -0.3 is 29.5 Å². The zero-order valence-electron chi connectivity index (χ0n) is 27.7. The van der Waals surface area contributed by atoms with Crippen molar-refractivity contribution in [2.45, 2.75) is 98.5 Å². The number of carbonyl (C=O) groups excluding carboxylic acids is 2. The van der Waals surface area contributed by atoms with Gasteiger partial charge in [-0.3, -0.25) is 9.69 Å². The topological polar surface area (TPSA) is 118 Å². The number of benzene rings is 2. The van der Waals surface area contributed by atoms with Crippen LogP contribution in [0.2, 0.25) is 0 Å². The third-order valence-electron chi connectivity index (χ3n) is 7.36. The molecule has 1 aliphatic rings. The van der Waals surface area contributed by atoms with E-state index in [1.807, 2.05) is 44.2 Å². The Kier molecular flexibility index (Phi) is 11.7. The molecule has 2 N–H and O–H groups in total. The fraction of sp³-hybridized carbons (Fsp3) is 0.559. The highest BCUT2D eigenvalue weighted by Gasteiger charge is 2.40. The van der Waals surface area contributed by atoms with Gasteiger partial charge in [-0.2, -0.15) is 0 Å². The molecule has 0 saturated heterocycles. The number of hydrogen-bond donors (Lipinski definition) is 2. The van der Waals surface area contributed by atoms with Gasteiger partial charge in [0.15, 0.2) is 5.82 Å². The van der Waals surface area contributed by atoms with Gasteiger partial charge in [0.05, 0.1) is 11.7 Å². The second-order valence-electron chi connectivity index (χ2n) is 13.4. The maximum atomic E-state index is 16.4. The van der Waals surface area contributed by atoms with Crippen LogP contribution in [0.15, 0.2) is 36.4 Å². The molecule has 45 heavy (non-hydrogen) atoms. The van der Waals surface area contributed by atoms with Gasteiger partial charge in [-0.15, -0.1) is 0 Å². The molecule has 0 radical (unpaired) electrons. The van der Waals surface area contributed by atoms with Gasteiger partial charge in [-0.25, -0.2) is 14.0 Å². The summed E-state index contributed by atoms with van der Waals surface area (Å²) in [5.74, 6) is -1.09. The molecule has 1 atom stereocenters. The summed E-state index contributed by atoms with van der Waals surface area (Å²) >= 11 is 0. The third-order valence-corrected chi connectivity index (χ3v) is 7.36. The SMILES string of the molecule is CCC(CC)CN(C[C@H]1Cc2c(cc(OCc3ccccc3)c(NCC(=O)OC(C)(C)C)c2F)N1C(=O)O)C(=O)OC(C)(C)C. The van der Waals surface area contributed by atoms with Crippen LogP contribution in [0.3, 0.4) is 0 Å². The Bertz CT molecular complexity index is 1330. The predicted molar refractivity (Wildman–Crippen MR) is 171 cm³/mol. The van der Waals surface area contributed by atoms with Crippen LogP contribution in [0.4, 0.5) is 25.4 Å². The molecular weight excluding hydrogens is 581 g/mol. The van der Waals surface area contributed by atoms with Crippen LogP contribution in [0.25, 0.3) is 0 Å². The Balaban J connectivity index is 2.00. The molecule has 248 valence electrons. The Morgan fingerprint density at radius 1 is 1.04 bits per heavy atom. The summed E-state index contributed by atoms with van der Waals surface area (Å²) in [4.78, 5) is 41.1. The van der Waals surface area contributed by atoms with E-state index in [2.05, 4.69) is 5.32 Å². The largest absolute Gasteiger partial charge is 0.487 e. The molecule has 0 unspecified atom stereocenters. The standard InChI is InChI=1S/C34H48FN3O7/c1-9-22(10-2)19-37(32(42)45-34(6,7)8)20-24-16-25-26(38(24)31(40)41)17-27(43-21-23-14-12-11-13-15-23)30(29(25)35)36-18-28(39)44-33(3,4)5/h11-15,17,22,24,36H,9-10,16,18-21H2,1-8H3,(H,40,41)/t24-/m1/s1. The Morgan fingerprint density at radius 2 is 1.67 bits per heavy atom. The molecule has 0 bridgehead atoms. The summed E-state index contributed by atoms with van der Waals surface area (Å²) in [5.41, 5.74) is -0.455. The normalized spacial score (nSPS) is 14.6. The zero-order valence-corrected chi connectivity index (χ0v) is 27.7. The van der Waals surface area contributed by atoms with Gasteiger partial charge in [0.1, 0.15) is 35.8 Å². The van der Waals surface area contributed by atoms with E-state index in [9.17, 15) is 19.5 Å². The molecule has 0 aliphatic carbocycles. The van der Waals surface area contributed by atoms with E-state index >= 15 is 4.39 Å². The van der Waals surface area contributed by atoms with Crippen molar-refractivity contribution in [1.29, 1.82) is 0 Å². The number of nitrogens with one attached hydrogen (secondary N) is 1. The molecule has 2 amide bonds. The summed E-state index contributed by atoms with van der Waals surface area (Å²) < 4.78 is 33.4. The number of nitrogens with zero attached hydrogens (tertiary/aromatic N) is 2. The maximum absolute atomic E-state index is 16.4. The van der Waals surface area contributed by atoms with Gasteiger partial charge in [0.2, 0.25) is 0 Å². The smallest absolute Gasteiger partial charge is 0.412 e. The van der Waals surface area contributed by atoms with Crippen molar-refractivity contribution in [2.24, 2.45) is 5.92 Å². The number of fused-ring (bicyclic) bond motifs is 1. The average molecular weight is 630 g/mol. The van der Waals surface area contributed by atoms with Crippen LogP contribution >= 0.6 is 0 Å². The number of carboxylic acid groups (broad SMARTS) is 1. The van der Waals surface area contributed by atoms with Crippen molar-refractivity contribution < 1.29 is 38.1 Å². The molecule has 10 nitrogen and oxygen atoms in total. The number of hydrogen-bond acceptors (Lipinski definition) is 7. The Hall–Kier alpha value is -4.02. The van der Waals surface area contributed by atoms with Crippen LogP contribution in [0, 0.1) is 11.7 Å². The molecule has 3 rings (SSSR count). The molecule has 2 aromatic rings. The molecule has 11 heteroatoms. The highest BCUT2D eigenvalue weighted by molar-refractivity contribution is 5.92. The van der Waals surface area contributed by atoms with E-state index in [1.54, 1.807) is 41.5 Å². The molecule has 1 aliphatic heterocycles. The van der Waals surface area contributed by atoms with E-state index in [4.69, 9.17) is 14.2 Å². The van der Waals surface area contributed by atoms with Gasteiger partial charge >= 0.3 is 18.2 Å². The van der Waals surface area contributed by atoms with E-state index in [0.29, 0.717) is 6.54 Å². The van der Waals surface area contributed by atoms with Crippen molar-refractivity contribution >= 4 is 29.5 Å². The van der Waals surface area contributed by atoms with Gasteiger partial charge in [-0.05, 0) is 53.0 Å². The first kappa shape index (κ1) is 35.5. The van der Waals surface area contributed by atoms with Crippen LogP contribution in [-0.2, 0) is 27.3 Å². The highest BCUT2D eigenvalue weighted by Crippen LogP contribution is 2.43. The summed E-state index contributed by atoms with van der Waals surface area (Å²) in [6, 6.07) is 9.95. The maximum Gasteiger partial charge on any atom is 0.412 e. The van der Waals surface area contributed by atoms with Crippen LogP contribution in [0.1, 0.15) is 79.4 Å². The molecular formula is C34H48FN3O7. The molecule has 2 aromatic carbocycles. The summed E-state index contributed by atoms with van der Waals surface area (Å²) in [5, 5.41) is 13.2. The van der Waals surface area contributed by atoms with E-state index in [1.165, 1.54) is 11.0 Å². The van der Waals surface area contributed by atoms with Crippen LogP contribution in [-0.4, -0.2) is 65.0 Å². The number of anilines is 2. The lowest BCUT2D eigenvalue weighted by molar-refractivity contribution is -0.152. The highest BCUT2D eigenvalue weighted by atomic mass is 19.1. The molecule has 0 saturated carbocycles. The number of amides is 2. The summed E-state index contributed by atoms with van der Waals surface area (Å²) in [7, 11) is 0. The minimum Gasteiger partial charge on any atom is -0.487 e. The summed E-state index contributed by atoms with van der Waals surface area (Å²) in [6.45, 7) is 14.7. The van der Waals surface area contributed by atoms with Crippen molar-refractivity contribution in [3.63, 3.8) is 0 Å². The number of halogens is 1. The summed E-state index contributed by atoms with van der Waals surface area (Å²) in [6.07, 6.45) is -0.175. The number of esters is 1. The third kappa shape index (κ3) is 9.99. The molecule has 0 fully saturated rings. The lowest BCUT2D eigenvalue weighted by Crippen LogP contribution is -2.49. The van der Waals surface area contributed by atoms with Crippen molar-refractivity contribution in [2.75, 3.05) is 29.9 Å². The van der Waals surface area contributed by atoms with Crippen molar-refractivity contribution in [3.8, 4) is 5.75 Å². The monoisotopic (exact) mass is 629 g/mol. The van der Waals surface area contributed by atoms with E-state index in [0.717, 1.165) is 23.3 Å². The lowest BCUT2D eigenvalue weighted by atomic mass is 10.0. The second kappa shape index (κ2) is 14.8. The zero-order chi connectivity index (χ0) is 33.5. The van der Waals surface area contributed by atoms with Crippen molar-refractivity contribution in [3.05, 3.63) is 53.3 Å². The van der Waals surface area contributed by atoms with E-state index in [-0.39, 0.29) is 54.7 Å². The van der Waals surface area contributed by atoms with Crippen molar-refractivity contribution in [1.82, 2.24) is 4.90 Å². The predicted octanol–water partition coefficient (Wildman–Crippen LogP) is 7.24. The quantitative estimate of drug-likeness (QED) is 0.236. The second-order valence-corrected chi connectivity index (χ2v) is 13.4. The Labute approximate surface area is 265 Å². The fourth-order valence-corrected chi connectivity index (χ4v) is 5.21. The average Bonchev–Trinajstić information content (AvgIpc) is 3.30. The first-order chi connectivity index (χ1) is 21.0. The van der Waals surface area contributed by atoms with Crippen LogP contribution in [0.5, 0.6) is 5.75 Å². The molecule has 0 spiro atoms. The molecule has 1 heterocycles. The van der Waals surface area contributed by atoms with Gasteiger partial charge in [0, 0.05) is 31.1 Å². The fourth-order valence-electron chi connectivity index (χ4n) is 5.21. The first-order valence-electron chi connectivity index (χ1n) is 15.5. The van der Waals surface area contributed by atoms with E-state index < -0.39 is 41.2 Å². The number of ether oxygens (including phenoxy) is 3. The lowest BCUT2D eigenvalue weighted by Gasteiger charge is -2.33. The first-order valence-corrected chi connectivity index (χ1v) is 15.5. The molecule has 0 aromatic heterocycles. The minimum atomic E-state index is -1.28. The van der Waals surface area contributed by atoms with Crippen LogP contribution < -0.4 is 15.0 Å². The number of rotatable bonds is 12. The Morgan fingerprint density at radius 3 is 2.22 bits per heavy atom.